The molecule has 3 aliphatic rings. The maximum Gasteiger partial charge on any atom is 0.141 e. The van der Waals surface area contributed by atoms with E-state index < -0.39 is 0 Å². The summed E-state index contributed by atoms with van der Waals surface area (Å²) in [6.07, 6.45) is 9.79. The highest BCUT2D eigenvalue weighted by Gasteiger charge is 2.31. The van der Waals surface area contributed by atoms with Crippen LogP contribution in [0.15, 0.2) is 0 Å². The van der Waals surface area contributed by atoms with Crippen LogP contribution >= 0.6 is 11.3 Å². The third-order valence-electron chi connectivity index (χ3n) is 5.83. The van der Waals surface area contributed by atoms with E-state index in [2.05, 4.69) is 4.90 Å². The monoisotopic (exact) mass is 343 g/mol. The molecule has 1 unspecified atom stereocenters. The maximum absolute atomic E-state index is 9.62. The molecule has 4 nitrogen and oxygen atoms in total. The van der Waals surface area contributed by atoms with E-state index in [1.54, 1.807) is 4.88 Å². The van der Waals surface area contributed by atoms with Gasteiger partial charge >= 0.3 is 0 Å². The minimum atomic E-state index is 0.294. The van der Waals surface area contributed by atoms with Gasteiger partial charge < -0.3 is 10.0 Å². The Labute approximate surface area is 146 Å². The molecule has 1 atom stereocenters. The van der Waals surface area contributed by atoms with Gasteiger partial charge in [-0.2, -0.15) is 0 Å². The molecule has 0 aromatic carbocycles. The normalized spacial score (nSPS) is 24.4. The lowest BCUT2D eigenvalue weighted by atomic mass is 9.95. The minimum absolute atomic E-state index is 0.294. The summed E-state index contributed by atoms with van der Waals surface area (Å²) in [5, 5.41) is 11.0. The molecule has 2 aliphatic carbocycles. The predicted octanol–water partition coefficient (Wildman–Crippen LogP) is 3.66. The van der Waals surface area contributed by atoms with Crippen LogP contribution in [-0.4, -0.2) is 34.8 Å². The van der Waals surface area contributed by atoms with E-state index in [0.717, 1.165) is 31.8 Å². The summed E-state index contributed by atoms with van der Waals surface area (Å²) < 4.78 is 0. The van der Waals surface area contributed by atoms with Gasteiger partial charge in [-0.05, 0) is 62.8 Å². The number of thiophene rings is 1. The standard InChI is InChI=1S/C19H25N3OS/c23-11-12-4-3-9-22(10-12)18-16-14-5-1-2-6-15(14)24-19(16)21-17(20-18)13-7-8-13/h12-13,23H,1-11H2. The Morgan fingerprint density at radius 3 is 2.79 bits per heavy atom. The van der Waals surface area contributed by atoms with Crippen molar-refractivity contribution >= 4 is 27.4 Å². The first kappa shape index (κ1) is 15.1. The number of nitrogens with zero attached hydrogens (tertiary/aromatic N) is 3. The number of aromatic nitrogens is 2. The van der Waals surface area contributed by atoms with Crippen molar-refractivity contribution in [3.63, 3.8) is 0 Å². The molecule has 2 aromatic rings. The number of fused-ring (bicyclic) bond motifs is 3. The predicted molar refractivity (Wildman–Crippen MR) is 98.1 cm³/mol. The fraction of sp³-hybridized carbons (Fsp3) is 0.684. The summed E-state index contributed by atoms with van der Waals surface area (Å²) >= 11 is 1.92. The van der Waals surface area contributed by atoms with Crippen LogP contribution in [-0.2, 0) is 12.8 Å². The molecule has 24 heavy (non-hydrogen) atoms. The molecular weight excluding hydrogens is 318 g/mol. The van der Waals surface area contributed by atoms with Gasteiger partial charge in [-0.1, -0.05) is 0 Å². The zero-order valence-corrected chi connectivity index (χ0v) is 14.9. The molecule has 2 fully saturated rings. The SMILES string of the molecule is OCC1CCCN(c2nc(C3CC3)nc3sc4c(c23)CCCC4)C1. The number of rotatable bonds is 3. The lowest BCUT2D eigenvalue weighted by Crippen LogP contribution is -2.37. The Morgan fingerprint density at radius 2 is 1.96 bits per heavy atom. The third-order valence-corrected chi connectivity index (χ3v) is 7.02. The van der Waals surface area contributed by atoms with E-state index in [0.29, 0.717) is 18.4 Å². The Bertz CT molecular complexity index is 768. The van der Waals surface area contributed by atoms with Crippen LogP contribution in [0.3, 0.4) is 0 Å². The minimum Gasteiger partial charge on any atom is -0.396 e. The summed E-state index contributed by atoms with van der Waals surface area (Å²) in [4.78, 5) is 15.3. The van der Waals surface area contributed by atoms with Crippen molar-refractivity contribution in [2.24, 2.45) is 5.92 Å². The number of hydrogen-bond acceptors (Lipinski definition) is 5. The molecule has 1 saturated heterocycles. The summed E-state index contributed by atoms with van der Waals surface area (Å²) in [6.45, 7) is 2.30. The topological polar surface area (TPSA) is 49.2 Å². The van der Waals surface area contributed by atoms with Gasteiger partial charge in [-0.15, -0.1) is 11.3 Å². The number of aliphatic hydroxyl groups excluding tert-OH is 1. The van der Waals surface area contributed by atoms with Crippen molar-refractivity contribution in [3.8, 4) is 0 Å². The second-order valence-electron chi connectivity index (χ2n) is 7.71. The number of hydrogen-bond donors (Lipinski definition) is 1. The molecule has 2 aromatic heterocycles. The molecule has 3 heterocycles. The fourth-order valence-electron chi connectivity index (χ4n) is 4.31. The van der Waals surface area contributed by atoms with Gasteiger partial charge in [0.1, 0.15) is 16.5 Å². The smallest absolute Gasteiger partial charge is 0.141 e. The van der Waals surface area contributed by atoms with Crippen molar-refractivity contribution in [1.29, 1.82) is 0 Å². The van der Waals surface area contributed by atoms with E-state index in [-0.39, 0.29) is 0 Å². The van der Waals surface area contributed by atoms with Crippen LogP contribution in [0.5, 0.6) is 0 Å². The summed E-state index contributed by atoms with van der Waals surface area (Å²) in [5.41, 5.74) is 1.53. The van der Waals surface area contributed by atoms with Crippen LogP contribution in [0.2, 0.25) is 0 Å². The summed E-state index contributed by atoms with van der Waals surface area (Å²) in [7, 11) is 0. The zero-order valence-electron chi connectivity index (χ0n) is 14.1. The Hall–Kier alpha value is -1.20. The average molecular weight is 343 g/mol. The van der Waals surface area contributed by atoms with Gasteiger partial charge in [-0.3, -0.25) is 0 Å². The van der Waals surface area contributed by atoms with Crippen molar-refractivity contribution in [3.05, 3.63) is 16.3 Å². The van der Waals surface area contributed by atoms with Crippen LogP contribution in [0, 0.1) is 5.92 Å². The van der Waals surface area contributed by atoms with Crippen molar-refractivity contribution in [2.75, 3.05) is 24.6 Å². The molecule has 0 spiro atoms. The number of anilines is 1. The third kappa shape index (κ3) is 2.53. The first-order valence-corrected chi connectivity index (χ1v) is 10.3. The molecule has 0 amide bonds. The Kier molecular flexibility index (Phi) is 3.74. The lowest BCUT2D eigenvalue weighted by molar-refractivity contribution is 0.208. The first-order valence-electron chi connectivity index (χ1n) is 9.51. The van der Waals surface area contributed by atoms with Crippen molar-refractivity contribution in [1.82, 2.24) is 9.97 Å². The zero-order chi connectivity index (χ0) is 16.1. The molecule has 1 N–H and O–H groups in total. The fourth-order valence-corrected chi connectivity index (χ4v) is 5.58. The van der Waals surface area contributed by atoms with Crippen LogP contribution in [0.1, 0.15) is 60.7 Å². The molecule has 128 valence electrons. The van der Waals surface area contributed by atoms with Crippen LogP contribution < -0.4 is 4.90 Å². The van der Waals surface area contributed by atoms with Gasteiger partial charge in [0.2, 0.25) is 0 Å². The maximum atomic E-state index is 9.62. The Balaban J connectivity index is 1.65. The first-order chi connectivity index (χ1) is 11.8. The van der Waals surface area contributed by atoms with Gasteiger partial charge in [0.25, 0.3) is 0 Å². The van der Waals surface area contributed by atoms with E-state index >= 15 is 0 Å². The van der Waals surface area contributed by atoms with Crippen molar-refractivity contribution in [2.45, 2.75) is 57.3 Å². The molecule has 1 aliphatic heterocycles. The van der Waals surface area contributed by atoms with E-state index in [4.69, 9.17) is 9.97 Å². The highest BCUT2D eigenvalue weighted by atomic mass is 32.1. The summed E-state index contributed by atoms with van der Waals surface area (Å²) in [5.74, 6) is 3.23. The number of aliphatic hydroxyl groups is 1. The lowest BCUT2D eigenvalue weighted by Gasteiger charge is -2.33. The van der Waals surface area contributed by atoms with Gasteiger partial charge in [0.05, 0.1) is 5.39 Å². The van der Waals surface area contributed by atoms with E-state index in [9.17, 15) is 5.11 Å². The van der Waals surface area contributed by atoms with Gasteiger partial charge in [-0.25, -0.2) is 9.97 Å². The van der Waals surface area contributed by atoms with E-state index in [1.807, 2.05) is 11.3 Å². The molecular formula is C19H25N3OS. The molecule has 1 saturated carbocycles. The largest absolute Gasteiger partial charge is 0.396 e. The molecule has 5 rings (SSSR count). The Morgan fingerprint density at radius 1 is 1.08 bits per heavy atom. The highest BCUT2D eigenvalue weighted by molar-refractivity contribution is 7.19. The quantitative estimate of drug-likeness (QED) is 0.924. The number of aryl methyl sites for hydroxylation is 2. The van der Waals surface area contributed by atoms with Gasteiger partial charge in [0.15, 0.2) is 0 Å². The molecule has 5 heteroatoms. The second-order valence-corrected chi connectivity index (χ2v) is 8.79. The molecule has 0 radical (unpaired) electrons. The van der Waals surface area contributed by atoms with Crippen LogP contribution in [0.25, 0.3) is 10.2 Å². The van der Waals surface area contributed by atoms with Crippen molar-refractivity contribution < 1.29 is 5.11 Å². The van der Waals surface area contributed by atoms with E-state index in [1.165, 1.54) is 60.1 Å². The summed E-state index contributed by atoms with van der Waals surface area (Å²) in [6, 6.07) is 0. The van der Waals surface area contributed by atoms with Gasteiger partial charge in [0, 0.05) is 30.5 Å². The number of piperidine rings is 1. The van der Waals surface area contributed by atoms with Crippen LogP contribution in [0.4, 0.5) is 5.82 Å². The average Bonchev–Trinajstić information content (AvgIpc) is 3.41. The highest BCUT2D eigenvalue weighted by Crippen LogP contribution is 2.44. The molecule has 0 bridgehead atoms. The second kappa shape index (κ2) is 5.95.